The molecule has 162 valence electrons. The van der Waals surface area contributed by atoms with E-state index in [-0.39, 0.29) is 17.6 Å². The number of carbonyl (C=O) groups is 2. The predicted octanol–water partition coefficient (Wildman–Crippen LogP) is 4.11. The van der Waals surface area contributed by atoms with Crippen LogP contribution in [-0.4, -0.2) is 40.8 Å². The summed E-state index contributed by atoms with van der Waals surface area (Å²) in [5.41, 5.74) is 6.66. The lowest BCUT2D eigenvalue weighted by Crippen LogP contribution is -2.30. The summed E-state index contributed by atoms with van der Waals surface area (Å²) in [4.78, 5) is 31.0. The van der Waals surface area contributed by atoms with Crippen LogP contribution in [-0.2, 0) is 9.53 Å². The zero-order valence-corrected chi connectivity index (χ0v) is 17.2. The Balaban J connectivity index is 0.000000297. The van der Waals surface area contributed by atoms with Gasteiger partial charge in [-0.25, -0.2) is 19.2 Å². The van der Waals surface area contributed by atoms with Crippen LogP contribution < -0.4 is 10.6 Å². The Hall–Kier alpha value is -3.23. The monoisotopic (exact) mass is 418 g/mol. The van der Waals surface area contributed by atoms with E-state index >= 15 is 0 Å². The Morgan fingerprint density at radius 3 is 2.57 bits per heavy atom. The van der Waals surface area contributed by atoms with Gasteiger partial charge >= 0.3 is 12.1 Å². The number of carboxylic acids is 1. The van der Waals surface area contributed by atoms with E-state index < -0.39 is 17.9 Å². The van der Waals surface area contributed by atoms with E-state index in [9.17, 15) is 14.0 Å². The number of carboxylic acid groups (broad SMARTS) is 1. The number of nitrogens with zero attached hydrogens (tertiary/aromatic N) is 3. The van der Waals surface area contributed by atoms with Gasteiger partial charge in [0.2, 0.25) is 5.95 Å². The van der Waals surface area contributed by atoms with Gasteiger partial charge in [0.15, 0.2) is 5.82 Å². The van der Waals surface area contributed by atoms with Crippen molar-refractivity contribution in [2.75, 3.05) is 24.3 Å². The summed E-state index contributed by atoms with van der Waals surface area (Å²) in [6.45, 7) is 2.23. The molecule has 0 unspecified atom stereocenters. The Bertz CT molecular complexity index is 872. The summed E-state index contributed by atoms with van der Waals surface area (Å²) < 4.78 is 18.5. The van der Waals surface area contributed by atoms with Gasteiger partial charge < -0.3 is 15.6 Å². The maximum absolute atomic E-state index is 13.8. The van der Waals surface area contributed by atoms with Crippen molar-refractivity contribution in [2.45, 2.75) is 39.0 Å². The molecule has 0 aliphatic heterocycles. The lowest BCUT2D eigenvalue weighted by atomic mass is 9.90. The summed E-state index contributed by atoms with van der Waals surface area (Å²) in [5, 5.41) is 8.54. The van der Waals surface area contributed by atoms with Crippen molar-refractivity contribution in [2.24, 2.45) is 5.92 Å². The van der Waals surface area contributed by atoms with Crippen molar-refractivity contribution >= 4 is 23.7 Å². The molecule has 8 nitrogen and oxygen atoms in total. The van der Waals surface area contributed by atoms with Gasteiger partial charge in [-0.3, -0.25) is 9.69 Å². The molecule has 1 fully saturated rings. The van der Waals surface area contributed by atoms with Crippen LogP contribution in [0.5, 0.6) is 0 Å². The van der Waals surface area contributed by atoms with Gasteiger partial charge in [0.25, 0.3) is 0 Å². The molecule has 1 amide bonds. The highest BCUT2D eigenvalue weighted by Gasteiger charge is 2.19. The fourth-order valence-electron chi connectivity index (χ4n) is 3.28. The van der Waals surface area contributed by atoms with Crippen LogP contribution in [0.25, 0.3) is 11.3 Å². The van der Waals surface area contributed by atoms with E-state index in [1.165, 1.54) is 18.4 Å². The molecule has 2 aromatic rings. The average molecular weight is 418 g/mol. The van der Waals surface area contributed by atoms with Gasteiger partial charge in [0, 0.05) is 17.8 Å². The Morgan fingerprint density at radius 1 is 1.30 bits per heavy atom. The summed E-state index contributed by atoms with van der Waals surface area (Å²) in [6, 6.07) is 6.76. The van der Waals surface area contributed by atoms with Crippen LogP contribution in [0, 0.1) is 11.7 Å². The van der Waals surface area contributed by atoms with E-state index in [2.05, 4.69) is 9.97 Å². The summed E-state index contributed by atoms with van der Waals surface area (Å²) in [5.74, 6) is -1.23. The molecule has 1 aliphatic carbocycles. The second kappa shape index (κ2) is 11.1. The quantitative estimate of drug-likeness (QED) is 0.767. The fraction of sp³-hybridized carbons (Fsp3) is 0.429. The SMILES string of the molecule is CCN(C(=O)OC)c1cccc(-c2nc(N)ncc2F)c1.O=C(O)C1CCCCC1. The predicted molar refractivity (Wildman–Crippen MR) is 111 cm³/mol. The maximum Gasteiger partial charge on any atom is 0.413 e. The second-order valence-corrected chi connectivity index (χ2v) is 6.86. The molecular formula is C21H27FN4O4. The van der Waals surface area contributed by atoms with Gasteiger partial charge in [-0.1, -0.05) is 31.4 Å². The summed E-state index contributed by atoms with van der Waals surface area (Å²) in [6.07, 6.45) is 5.77. The van der Waals surface area contributed by atoms with Crippen LogP contribution in [0.2, 0.25) is 0 Å². The smallest absolute Gasteiger partial charge is 0.413 e. The lowest BCUT2D eigenvalue weighted by Gasteiger charge is -2.19. The van der Waals surface area contributed by atoms with Crippen LogP contribution >= 0.6 is 0 Å². The third-order valence-corrected chi connectivity index (χ3v) is 4.86. The van der Waals surface area contributed by atoms with E-state index in [0.29, 0.717) is 17.8 Å². The van der Waals surface area contributed by atoms with Gasteiger partial charge in [-0.05, 0) is 31.9 Å². The number of nitrogen functional groups attached to an aromatic ring is 1. The highest BCUT2D eigenvalue weighted by atomic mass is 19.1. The van der Waals surface area contributed by atoms with Crippen molar-refractivity contribution in [3.05, 3.63) is 36.3 Å². The fourth-order valence-corrected chi connectivity index (χ4v) is 3.28. The first-order chi connectivity index (χ1) is 14.4. The molecule has 0 bridgehead atoms. The Labute approximate surface area is 174 Å². The lowest BCUT2D eigenvalue weighted by molar-refractivity contribution is -0.142. The first kappa shape index (κ1) is 23.1. The topological polar surface area (TPSA) is 119 Å². The third-order valence-electron chi connectivity index (χ3n) is 4.86. The van der Waals surface area contributed by atoms with Crippen molar-refractivity contribution < 1.29 is 23.8 Å². The minimum atomic E-state index is -0.602. The largest absolute Gasteiger partial charge is 0.481 e. The Morgan fingerprint density at radius 2 is 2.00 bits per heavy atom. The molecular weight excluding hydrogens is 391 g/mol. The zero-order chi connectivity index (χ0) is 22.1. The number of amides is 1. The van der Waals surface area contributed by atoms with Crippen LogP contribution in [0.4, 0.5) is 20.8 Å². The summed E-state index contributed by atoms with van der Waals surface area (Å²) in [7, 11) is 1.31. The van der Waals surface area contributed by atoms with Crippen LogP contribution in [0.15, 0.2) is 30.5 Å². The van der Waals surface area contributed by atoms with Crippen LogP contribution in [0.1, 0.15) is 39.0 Å². The molecule has 0 saturated heterocycles. The standard InChI is InChI=1S/C14H15FN4O2.C7H12O2/c1-3-19(14(20)21-2)10-6-4-5-9(7-10)12-11(15)8-17-13(16)18-12;8-7(9)6-4-2-1-3-5-6/h4-8H,3H2,1-2H3,(H2,16,17,18);6H,1-5H2,(H,8,9). The molecule has 1 aromatic heterocycles. The maximum atomic E-state index is 13.8. The minimum Gasteiger partial charge on any atom is -0.481 e. The molecule has 30 heavy (non-hydrogen) atoms. The first-order valence-corrected chi connectivity index (χ1v) is 9.84. The zero-order valence-electron chi connectivity index (χ0n) is 17.2. The molecule has 9 heteroatoms. The average Bonchev–Trinajstić information content (AvgIpc) is 2.77. The number of nitrogens with two attached hydrogens (primary N) is 1. The van der Waals surface area contributed by atoms with E-state index in [0.717, 1.165) is 31.9 Å². The number of halogens is 1. The number of hydrogen-bond acceptors (Lipinski definition) is 6. The first-order valence-electron chi connectivity index (χ1n) is 9.84. The number of aromatic nitrogens is 2. The van der Waals surface area contributed by atoms with Gasteiger partial charge in [0.05, 0.1) is 19.2 Å². The number of ether oxygens (including phenoxy) is 1. The molecule has 1 heterocycles. The molecule has 1 aromatic carbocycles. The highest BCUT2D eigenvalue weighted by molar-refractivity contribution is 5.88. The van der Waals surface area contributed by atoms with Gasteiger partial charge in [0.1, 0.15) is 5.69 Å². The number of methoxy groups -OCH3 is 1. The normalized spacial score (nSPS) is 13.7. The number of aliphatic carboxylic acids is 1. The van der Waals surface area contributed by atoms with E-state index in [1.807, 2.05) is 6.92 Å². The highest BCUT2D eigenvalue weighted by Crippen LogP contribution is 2.26. The molecule has 0 spiro atoms. The molecule has 3 rings (SSSR count). The molecule has 1 saturated carbocycles. The number of rotatable bonds is 4. The van der Waals surface area contributed by atoms with Crippen LogP contribution in [0.3, 0.4) is 0 Å². The summed E-state index contributed by atoms with van der Waals surface area (Å²) >= 11 is 0. The molecule has 1 aliphatic rings. The van der Waals surface area contributed by atoms with Gasteiger partial charge in [-0.15, -0.1) is 0 Å². The Kier molecular flexibility index (Phi) is 8.52. The molecule has 3 N–H and O–H groups in total. The minimum absolute atomic E-state index is 0.0166. The van der Waals surface area contributed by atoms with Crippen molar-refractivity contribution in [3.8, 4) is 11.3 Å². The van der Waals surface area contributed by atoms with Crippen molar-refractivity contribution in [1.82, 2.24) is 9.97 Å². The molecule has 0 atom stereocenters. The molecule has 0 radical (unpaired) electrons. The number of carbonyl (C=O) groups excluding carboxylic acids is 1. The third kappa shape index (κ3) is 6.13. The second-order valence-electron chi connectivity index (χ2n) is 6.86. The van der Waals surface area contributed by atoms with E-state index in [4.69, 9.17) is 15.6 Å². The van der Waals surface area contributed by atoms with E-state index in [1.54, 1.807) is 24.3 Å². The number of anilines is 2. The van der Waals surface area contributed by atoms with Gasteiger partial charge in [-0.2, -0.15) is 0 Å². The number of hydrogen-bond donors (Lipinski definition) is 2. The number of benzene rings is 1. The van der Waals surface area contributed by atoms with Crippen molar-refractivity contribution in [1.29, 1.82) is 0 Å². The van der Waals surface area contributed by atoms with Crippen molar-refractivity contribution in [3.63, 3.8) is 0 Å².